The Labute approximate surface area is 181 Å². The summed E-state index contributed by atoms with van der Waals surface area (Å²) >= 11 is 1.77. The molecule has 0 aromatic heterocycles. The van der Waals surface area contributed by atoms with Gasteiger partial charge in [0, 0.05) is 17.4 Å². The van der Waals surface area contributed by atoms with Gasteiger partial charge in [0.2, 0.25) is 0 Å². The van der Waals surface area contributed by atoms with Crippen molar-refractivity contribution in [3.05, 3.63) is 58.7 Å². The molecule has 1 saturated heterocycles. The molecule has 0 amide bonds. The van der Waals surface area contributed by atoms with Gasteiger partial charge < -0.3 is 9.84 Å². The molecule has 0 radical (unpaired) electrons. The highest BCUT2D eigenvalue weighted by Crippen LogP contribution is 2.44. The van der Waals surface area contributed by atoms with Gasteiger partial charge in [0.05, 0.1) is 6.10 Å². The first-order valence-corrected chi connectivity index (χ1v) is 11.9. The molecule has 2 atom stereocenters. The first-order valence-electron chi connectivity index (χ1n) is 10.7. The summed E-state index contributed by atoms with van der Waals surface area (Å²) < 4.78 is 6.19. The number of thioether (sulfide) groups is 1. The van der Waals surface area contributed by atoms with E-state index in [4.69, 9.17) is 4.74 Å². The fraction of sp³-hybridized carbons (Fsp3) is 0.538. The number of aromatic hydroxyl groups is 1. The Kier molecular flexibility index (Phi) is 6.41. The van der Waals surface area contributed by atoms with Crippen molar-refractivity contribution >= 4 is 11.8 Å². The molecule has 1 N–H and O–H groups in total. The summed E-state index contributed by atoms with van der Waals surface area (Å²) in [5.41, 5.74) is 4.31. The highest BCUT2D eigenvalue weighted by atomic mass is 32.2. The Balaban J connectivity index is 2.21. The highest BCUT2D eigenvalue weighted by Gasteiger charge is 2.33. The van der Waals surface area contributed by atoms with Crippen LogP contribution in [0.25, 0.3) is 0 Å². The molecule has 0 aliphatic carbocycles. The Morgan fingerprint density at radius 2 is 1.48 bits per heavy atom. The lowest BCUT2D eigenvalue weighted by atomic mass is 9.75. The molecular weight excluding hydrogens is 376 g/mol. The van der Waals surface area contributed by atoms with Crippen molar-refractivity contribution in [2.45, 2.75) is 82.1 Å². The summed E-state index contributed by atoms with van der Waals surface area (Å²) in [6, 6.07) is 13.4. The Bertz CT molecular complexity index is 799. The molecule has 0 bridgehead atoms. The monoisotopic (exact) mass is 412 g/mol. The lowest BCUT2D eigenvalue weighted by molar-refractivity contribution is 0.0981. The number of ether oxygens (including phenoxy) is 1. The molecule has 1 aliphatic rings. The lowest BCUT2D eigenvalue weighted by Gasteiger charge is -2.31. The van der Waals surface area contributed by atoms with Crippen molar-refractivity contribution < 1.29 is 9.84 Å². The maximum Gasteiger partial charge on any atom is 0.123 e. The van der Waals surface area contributed by atoms with Gasteiger partial charge in [0.1, 0.15) is 5.75 Å². The van der Waals surface area contributed by atoms with Gasteiger partial charge in [0.15, 0.2) is 0 Å². The number of hydrogen-bond donors (Lipinski definition) is 1. The van der Waals surface area contributed by atoms with Gasteiger partial charge in [-0.05, 0) is 64.3 Å². The number of rotatable bonds is 4. The van der Waals surface area contributed by atoms with Gasteiger partial charge in [-0.25, -0.2) is 0 Å². The Morgan fingerprint density at radius 1 is 0.931 bits per heavy atom. The van der Waals surface area contributed by atoms with Crippen LogP contribution in [-0.2, 0) is 15.6 Å². The molecule has 1 fully saturated rings. The number of phenols is 1. The van der Waals surface area contributed by atoms with E-state index >= 15 is 0 Å². The largest absolute Gasteiger partial charge is 0.507 e. The Morgan fingerprint density at radius 3 is 1.90 bits per heavy atom. The van der Waals surface area contributed by atoms with Gasteiger partial charge in [-0.1, -0.05) is 65.8 Å². The summed E-state index contributed by atoms with van der Waals surface area (Å²) in [7, 11) is 0. The molecule has 1 aliphatic heterocycles. The average Bonchev–Trinajstić information content (AvgIpc) is 3.16. The van der Waals surface area contributed by atoms with Crippen molar-refractivity contribution in [2.75, 3.05) is 12.9 Å². The minimum atomic E-state index is -0.135. The molecular formula is C26H36O2S. The van der Waals surface area contributed by atoms with Gasteiger partial charge >= 0.3 is 0 Å². The minimum Gasteiger partial charge on any atom is -0.507 e. The molecule has 3 heteroatoms. The van der Waals surface area contributed by atoms with Gasteiger partial charge in [-0.2, -0.15) is 0 Å². The van der Waals surface area contributed by atoms with E-state index in [0.29, 0.717) is 5.75 Å². The average molecular weight is 413 g/mol. The fourth-order valence-electron chi connectivity index (χ4n) is 4.28. The molecule has 0 saturated carbocycles. The van der Waals surface area contributed by atoms with E-state index in [1.54, 1.807) is 11.8 Å². The molecule has 29 heavy (non-hydrogen) atoms. The van der Waals surface area contributed by atoms with E-state index in [1.807, 2.05) is 0 Å². The van der Waals surface area contributed by atoms with Crippen LogP contribution in [0.4, 0.5) is 0 Å². The second kappa shape index (κ2) is 8.35. The number of benzene rings is 2. The summed E-state index contributed by atoms with van der Waals surface area (Å²) in [5, 5.41) is 11.1. The molecule has 158 valence electrons. The van der Waals surface area contributed by atoms with Crippen molar-refractivity contribution in [1.82, 2.24) is 0 Å². The van der Waals surface area contributed by atoms with E-state index < -0.39 is 0 Å². The molecule has 2 aromatic rings. The standard InChI is InChI=1S/C26H36O2S/c1-25(2,3)20-15-18(16-21(24(20)27)26(4,5)6)23(22-9-8-14-28-22)17-10-12-19(29-7)13-11-17/h10-13,15-16,22-23,27H,8-9,14H2,1-7H3. The van der Waals surface area contributed by atoms with Gasteiger partial charge in [-0.15, -0.1) is 11.8 Å². The van der Waals surface area contributed by atoms with Crippen molar-refractivity contribution in [3.63, 3.8) is 0 Å². The third-order valence-corrected chi connectivity index (χ3v) is 6.66. The zero-order valence-electron chi connectivity index (χ0n) is 19.0. The number of phenolic OH excluding ortho intramolecular Hbond substituents is 1. The molecule has 2 nitrogen and oxygen atoms in total. The van der Waals surface area contributed by atoms with Crippen LogP contribution >= 0.6 is 11.8 Å². The topological polar surface area (TPSA) is 29.5 Å². The quantitative estimate of drug-likeness (QED) is 0.547. The molecule has 1 heterocycles. The number of hydrogen-bond acceptors (Lipinski definition) is 3. The maximum absolute atomic E-state index is 11.1. The van der Waals surface area contributed by atoms with Crippen molar-refractivity contribution in [1.29, 1.82) is 0 Å². The van der Waals surface area contributed by atoms with E-state index in [0.717, 1.165) is 30.6 Å². The molecule has 2 aromatic carbocycles. The van der Waals surface area contributed by atoms with Crippen LogP contribution in [0.1, 0.15) is 82.6 Å². The van der Waals surface area contributed by atoms with Crippen LogP contribution in [0, 0.1) is 0 Å². The SMILES string of the molecule is CSc1ccc(C(c2cc(C(C)(C)C)c(O)c(C(C)(C)C)c2)C2CCCO2)cc1. The molecule has 2 unspecified atom stereocenters. The van der Waals surface area contributed by atoms with Gasteiger partial charge in [-0.3, -0.25) is 0 Å². The van der Waals surface area contributed by atoms with E-state index in [2.05, 4.69) is 84.2 Å². The first-order chi connectivity index (χ1) is 13.5. The second-order valence-corrected chi connectivity index (χ2v) is 11.1. The predicted molar refractivity (Wildman–Crippen MR) is 125 cm³/mol. The van der Waals surface area contributed by atoms with Crippen LogP contribution in [-0.4, -0.2) is 24.1 Å². The summed E-state index contributed by atoms with van der Waals surface area (Å²) in [6.07, 6.45) is 4.48. The van der Waals surface area contributed by atoms with Crippen LogP contribution < -0.4 is 0 Å². The summed E-state index contributed by atoms with van der Waals surface area (Å²) in [4.78, 5) is 1.27. The lowest BCUT2D eigenvalue weighted by Crippen LogP contribution is -2.23. The van der Waals surface area contributed by atoms with Crippen molar-refractivity contribution in [2.24, 2.45) is 0 Å². The van der Waals surface area contributed by atoms with E-state index in [-0.39, 0.29) is 22.9 Å². The first kappa shape index (κ1) is 22.2. The van der Waals surface area contributed by atoms with E-state index in [1.165, 1.54) is 16.0 Å². The third kappa shape index (κ3) is 4.83. The predicted octanol–water partition coefficient (Wildman–Crippen LogP) is 7.02. The van der Waals surface area contributed by atoms with Crippen LogP contribution in [0.15, 0.2) is 41.3 Å². The third-order valence-electron chi connectivity index (χ3n) is 5.92. The maximum atomic E-state index is 11.1. The summed E-state index contributed by atoms with van der Waals surface area (Å²) in [6.45, 7) is 13.9. The fourth-order valence-corrected chi connectivity index (χ4v) is 4.69. The second-order valence-electron chi connectivity index (χ2n) is 10.3. The summed E-state index contributed by atoms with van der Waals surface area (Å²) in [5.74, 6) is 0.619. The normalized spacial score (nSPS) is 18.8. The van der Waals surface area contributed by atoms with Crippen LogP contribution in [0.3, 0.4) is 0 Å². The van der Waals surface area contributed by atoms with E-state index in [9.17, 15) is 5.11 Å². The Hall–Kier alpha value is -1.45. The van der Waals surface area contributed by atoms with Gasteiger partial charge in [0.25, 0.3) is 0 Å². The highest BCUT2D eigenvalue weighted by molar-refractivity contribution is 7.98. The van der Waals surface area contributed by atoms with Crippen molar-refractivity contribution in [3.8, 4) is 5.75 Å². The minimum absolute atomic E-state index is 0.135. The smallest absolute Gasteiger partial charge is 0.123 e. The zero-order valence-corrected chi connectivity index (χ0v) is 19.8. The molecule has 0 spiro atoms. The zero-order chi connectivity index (χ0) is 21.4. The van der Waals surface area contributed by atoms with Crippen LogP contribution in [0.2, 0.25) is 0 Å². The molecule has 3 rings (SSSR count). The van der Waals surface area contributed by atoms with Crippen LogP contribution in [0.5, 0.6) is 5.75 Å².